The van der Waals surface area contributed by atoms with Crippen LogP contribution in [0.5, 0.6) is 0 Å². The van der Waals surface area contributed by atoms with Crippen molar-refractivity contribution in [1.29, 1.82) is 0 Å². The molecule has 1 amide bonds. The summed E-state index contributed by atoms with van der Waals surface area (Å²) < 4.78 is 0.986. The fourth-order valence-electron chi connectivity index (χ4n) is 3.07. The Morgan fingerprint density at radius 1 is 1.38 bits per heavy atom. The maximum absolute atomic E-state index is 12.6. The van der Waals surface area contributed by atoms with Crippen LogP contribution in [0.25, 0.3) is 0 Å². The van der Waals surface area contributed by atoms with Gasteiger partial charge in [-0.3, -0.25) is 4.79 Å². The lowest BCUT2D eigenvalue weighted by molar-refractivity contribution is -0.132. The third kappa shape index (κ3) is 3.48. The molecule has 2 heterocycles. The minimum absolute atomic E-state index is 0.0109. The Morgan fingerprint density at radius 3 is 2.96 bits per heavy atom. The Balaban J connectivity index is 1.69. The van der Waals surface area contributed by atoms with Crippen molar-refractivity contribution in [2.24, 2.45) is 0 Å². The number of carbonyl (C=O) groups is 2. The third-order valence-electron chi connectivity index (χ3n) is 4.18. The van der Waals surface area contributed by atoms with Crippen molar-refractivity contribution >= 4 is 27.8 Å². The van der Waals surface area contributed by atoms with Crippen LogP contribution in [0, 0.1) is 0 Å². The van der Waals surface area contributed by atoms with Crippen LogP contribution >= 0.6 is 15.9 Å². The van der Waals surface area contributed by atoms with Crippen LogP contribution in [0.4, 0.5) is 0 Å². The fourth-order valence-corrected chi connectivity index (χ4v) is 3.51. The first-order valence-electron chi connectivity index (χ1n) is 7.74. The highest BCUT2D eigenvalue weighted by Crippen LogP contribution is 2.32. The topological polar surface area (TPSA) is 99.2 Å². The average Bonchev–Trinajstić information content (AvgIpc) is 3.20. The van der Waals surface area contributed by atoms with Gasteiger partial charge in [-0.15, -0.1) is 5.10 Å². The first-order chi connectivity index (χ1) is 11.6. The Labute approximate surface area is 147 Å². The third-order valence-corrected chi connectivity index (χ3v) is 4.68. The van der Waals surface area contributed by atoms with Gasteiger partial charge in [-0.25, -0.2) is 4.79 Å². The molecule has 2 aromatic rings. The van der Waals surface area contributed by atoms with Gasteiger partial charge in [-0.05, 0) is 37.0 Å². The lowest BCUT2D eigenvalue weighted by Gasteiger charge is -2.23. The van der Waals surface area contributed by atoms with E-state index in [1.54, 1.807) is 4.90 Å². The van der Waals surface area contributed by atoms with E-state index in [1.807, 2.05) is 24.3 Å². The maximum atomic E-state index is 12.6. The number of aryl methyl sites for hydroxylation is 1. The Bertz CT molecular complexity index is 761. The molecule has 1 aliphatic rings. The minimum Gasteiger partial charge on any atom is -0.476 e. The Morgan fingerprint density at radius 2 is 2.21 bits per heavy atom. The minimum atomic E-state index is -1.13. The number of carboxylic acids is 1. The van der Waals surface area contributed by atoms with Gasteiger partial charge in [0.2, 0.25) is 5.91 Å². The zero-order valence-corrected chi connectivity index (χ0v) is 14.5. The van der Waals surface area contributed by atoms with Crippen molar-refractivity contribution in [1.82, 2.24) is 20.3 Å². The standard InChI is InChI=1S/C16H17BrN4O3/c17-11-4-1-3-10(9-11)6-7-13(22)21-8-2-5-12(21)14-15(16(23)24)19-20-18-14/h1,3-4,9,12H,2,5-8H2,(H,23,24)(H,18,19,20). The zero-order valence-electron chi connectivity index (χ0n) is 12.9. The van der Waals surface area contributed by atoms with Crippen molar-refractivity contribution in [3.05, 3.63) is 45.7 Å². The number of nitrogens with zero attached hydrogens (tertiary/aromatic N) is 3. The predicted octanol–water partition coefficient (Wildman–Crippen LogP) is 2.56. The highest BCUT2D eigenvalue weighted by Gasteiger charge is 2.34. The summed E-state index contributed by atoms with van der Waals surface area (Å²) in [7, 11) is 0. The van der Waals surface area contributed by atoms with Gasteiger partial charge in [0.1, 0.15) is 5.69 Å². The number of hydrogen-bond donors (Lipinski definition) is 2. The molecule has 8 heteroatoms. The molecular weight excluding hydrogens is 376 g/mol. The van der Waals surface area contributed by atoms with Crippen LogP contribution in [-0.2, 0) is 11.2 Å². The number of carbonyl (C=O) groups excluding carboxylic acids is 1. The van der Waals surface area contributed by atoms with Crippen LogP contribution < -0.4 is 0 Å². The molecule has 7 nitrogen and oxygen atoms in total. The maximum Gasteiger partial charge on any atom is 0.358 e. The van der Waals surface area contributed by atoms with E-state index in [0.717, 1.165) is 16.5 Å². The van der Waals surface area contributed by atoms with Crippen molar-refractivity contribution in [2.75, 3.05) is 6.54 Å². The molecule has 1 fully saturated rings. The summed E-state index contributed by atoms with van der Waals surface area (Å²) in [5, 5.41) is 19.2. The summed E-state index contributed by atoms with van der Waals surface area (Å²) in [4.78, 5) is 25.6. The van der Waals surface area contributed by atoms with Crippen molar-refractivity contribution in [2.45, 2.75) is 31.7 Å². The molecule has 0 saturated carbocycles. The Kier molecular flexibility index (Phi) is 4.94. The first kappa shape index (κ1) is 16.6. The molecule has 1 aromatic heterocycles. The molecule has 0 aliphatic carbocycles. The number of aromatic nitrogens is 3. The molecule has 0 spiro atoms. The molecule has 2 N–H and O–H groups in total. The van der Waals surface area contributed by atoms with Crippen LogP contribution in [0.2, 0.25) is 0 Å². The molecule has 1 aromatic carbocycles. The van der Waals surface area contributed by atoms with Gasteiger partial charge < -0.3 is 10.0 Å². The van der Waals surface area contributed by atoms with E-state index in [1.165, 1.54) is 0 Å². The Hall–Kier alpha value is -2.22. The van der Waals surface area contributed by atoms with Crippen molar-refractivity contribution in [3.8, 4) is 0 Å². The van der Waals surface area contributed by atoms with E-state index in [2.05, 4.69) is 31.3 Å². The number of likely N-dealkylation sites (tertiary alicyclic amines) is 1. The van der Waals surface area contributed by atoms with Gasteiger partial charge in [-0.1, -0.05) is 28.1 Å². The van der Waals surface area contributed by atoms with E-state index >= 15 is 0 Å². The summed E-state index contributed by atoms with van der Waals surface area (Å²) in [5.41, 5.74) is 1.32. The van der Waals surface area contributed by atoms with Crippen LogP contribution in [0.3, 0.4) is 0 Å². The first-order valence-corrected chi connectivity index (χ1v) is 8.53. The molecule has 24 heavy (non-hydrogen) atoms. The summed E-state index contributed by atoms with van der Waals surface area (Å²) >= 11 is 3.42. The second kappa shape index (κ2) is 7.12. The number of nitrogens with one attached hydrogen (secondary N) is 1. The highest BCUT2D eigenvalue weighted by molar-refractivity contribution is 9.10. The quantitative estimate of drug-likeness (QED) is 0.814. The molecule has 3 rings (SSSR count). The molecule has 0 radical (unpaired) electrons. The van der Waals surface area contributed by atoms with Crippen LogP contribution in [0.15, 0.2) is 28.7 Å². The van der Waals surface area contributed by atoms with Gasteiger partial charge in [0, 0.05) is 17.4 Å². The SMILES string of the molecule is O=C(O)c1n[nH]nc1C1CCCN1C(=O)CCc1cccc(Br)c1. The molecule has 126 valence electrons. The van der Waals surface area contributed by atoms with Crippen LogP contribution in [0.1, 0.15) is 47.1 Å². The lowest BCUT2D eigenvalue weighted by Crippen LogP contribution is -2.31. The second-order valence-electron chi connectivity index (χ2n) is 5.74. The zero-order chi connectivity index (χ0) is 17.1. The van der Waals surface area contributed by atoms with E-state index in [-0.39, 0.29) is 17.6 Å². The van der Waals surface area contributed by atoms with Gasteiger partial charge in [0.25, 0.3) is 0 Å². The molecule has 0 bridgehead atoms. The van der Waals surface area contributed by atoms with Crippen molar-refractivity contribution in [3.63, 3.8) is 0 Å². The largest absolute Gasteiger partial charge is 0.476 e. The molecule has 1 unspecified atom stereocenters. The van der Waals surface area contributed by atoms with Gasteiger partial charge in [0.15, 0.2) is 5.69 Å². The van der Waals surface area contributed by atoms with Gasteiger partial charge >= 0.3 is 5.97 Å². The smallest absolute Gasteiger partial charge is 0.358 e. The number of amides is 1. The highest BCUT2D eigenvalue weighted by atomic mass is 79.9. The summed E-state index contributed by atoms with van der Waals surface area (Å²) in [6, 6.07) is 7.55. The van der Waals surface area contributed by atoms with E-state index < -0.39 is 5.97 Å². The molecular formula is C16H17BrN4O3. The number of aromatic amines is 1. The molecule has 1 atom stereocenters. The number of H-pyrrole nitrogens is 1. The van der Waals surface area contributed by atoms with E-state index in [9.17, 15) is 14.7 Å². The van der Waals surface area contributed by atoms with E-state index in [4.69, 9.17) is 0 Å². The summed E-state index contributed by atoms with van der Waals surface area (Å²) in [6.07, 6.45) is 2.56. The van der Waals surface area contributed by atoms with Gasteiger partial charge in [-0.2, -0.15) is 10.3 Å². The van der Waals surface area contributed by atoms with E-state index in [0.29, 0.717) is 31.5 Å². The number of rotatable bonds is 5. The number of carboxylic acid groups (broad SMARTS) is 1. The normalized spacial score (nSPS) is 17.2. The number of halogens is 1. The monoisotopic (exact) mass is 392 g/mol. The number of hydrogen-bond acceptors (Lipinski definition) is 4. The second-order valence-corrected chi connectivity index (χ2v) is 6.65. The molecule has 1 saturated heterocycles. The van der Waals surface area contributed by atoms with Crippen molar-refractivity contribution < 1.29 is 14.7 Å². The lowest BCUT2D eigenvalue weighted by atomic mass is 10.1. The van der Waals surface area contributed by atoms with Crippen LogP contribution in [-0.4, -0.2) is 43.8 Å². The summed E-state index contributed by atoms with van der Waals surface area (Å²) in [6.45, 7) is 0.619. The molecule has 1 aliphatic heterocycles. The predicted molar refractivity (Wildman–Crippen MR) is 89.5 cm³/mol. The summed E-state index contributed by atoms with van der Waals surface area (Å²) in [5.74, 6) is -1.12. The fraction of sp³-hybridized carbons (Fsp3) is 0.375. The number of benzene rings is 1. The van der Waals surface area contributed by atoms with Gasteiger partial charge in [0.05, 0.1) is 6.04 Å². The number of aromatic carboxylic acids is 1. The average molecular weight is 393 g/mol.